The molecule has 2 fully saturated rings. The van der Waals surface area contributed by atoms with Crippen LogP contribution in [0.4, 0.5) is 5.88 Å². The molecule has 0 aliphatic carbocycles. The molecule has 0 atom stereocenters. The molecule has 0 N–H and O–H groups in total. The standard InChI is InChI=1S/C18H22N4O5S/c1-13-16(28(23,24)22-5-3-2-4-6-22)11-15(26-13)17-20-14(12-19)18(27-17)21-7-9-25-10-8-21/h11H,2-10H2,1H3. The molecule has 9 nitrogen and oxygen atoms in total. The molecule has 0 unspecified atom stereocenters. The van der Waals surface area contributed by atoms with E-state index < -0.39 is 10.0 Å². The summed E-state index contributed by atoms with van der Waals surface area (Å²) in [6.45, 7) is 4.90. The van der Waals surface area contributed by atoms with Crippen LogP contribution in [0.1, 0.15) is 30.7 Å². The Hall–Kier alpha value is -2.35. The van der Waals surface area contributed by atoms with Crippen LogP contribution in [-0.2, 0) is 14.8 Å². The fourth-order valence-electron chi connectivity index (χ4n) is 3.54. The van der Waals surface area contributed by atoms with Gasteiger partial charge in [0.25, 0.3) is 5.89 Å². The van der Waals surface area contributed by atoms with Gasteiger partial charge in [0, 0.05) is 32.2 Å². The topological polar surface area (TPSA) is 113 Å². The lowest BCUT2D eigenvalue weighted by atomic mass is 10.2. The third kappa shape index (κ3) is 3.41. The van der Waals surface area contributed by atoms with E-state index in [1.54, 1.807) is 6.92 Å². The third-order valence-corrected chi connectivity index (χ3v) is 7.04. The quantitative estimate of drug-likeness (QED) is 0.759. The van der Waals surface area contributed by atoms with Crippen molar-refractivity contribution in [3.63, 3.8) is 0 Å². The van der Waals surface area contributed by atoms with Crippen molar-refractivity contribution in [2.45, 2.75) is 31.1 Å². The number of anilines is 1. The molecule has 2 aromatic rings. The van der Waals surface area contributed by atoms with Crippen LogP contribution < -0.4 is 4.90 Å². The Labute approximate surface area is 163 Å². The van der Waals surface area contributed by atoms with Crippen molar-refractivity contribution < 1.29 is 22.0 Å². The number of ether oxygens (including phenoxy) is 1. The number of nitrogens with zero attached hydrogens (tertiary/aromatic N) is 4. The predicted molar refractivity (Wildman–Crippen MR) is 99.3 cm³/mol. The van der Waals surface area contributed by atoms with Gasteiger partial charge in [-0.15, -0.1) is 0 Å². The van der Waals surface area contributed by atoms with E-state index in [2.05, 4.69) is 4.98 Å². The molecular formula is C18H22N4O5S. The molecule has 0 saturated carbocycles. The van der Waals surface area contributed by atoms with E-state index in [9.17, 15) is 13.7 Å². The Morgan fingerprint density at radius 1 is 1.11 bits per heavy atom. The van der Waals surface area contributed by atoms with Crippen LogP contribution in [0.3, 0.4) is 0 Å². The van der Waals surface area contributed by atoms with Gasteiger partial charge in [-0.2, -0.15) is 14.6 Å². The van der Waals surface area contributed by atoms with Crippen LogP contribution >= 0.6 is 0 Å². The summed E-state index contributed by atoms with van der Waals surface area (Å²) < 4.78 is 44.2. The molecular weight excluding hydrogens is 384 g/mol. The fraction of sp³-hybridized carbons (Fsp3) is 0.556. The first-order valence-electron chi connectivity index (χ1n) is 9.35. The lowest BCUT2D eigenvalue weighted by Crippen LogP contribution is -2.36. The average molecular weight is 406 g/mol. The van der Waals surface area contributed by atoms with E-state index in [0.717, 1.165) is 19.3 Å². The molecule has 2 aliphatic heterocycles. The van der Waals surface area contributed by atoms with E-state index in [1.807, 2.05) is 11.0 Å². The van der Waals surface area contributed by atoms with E-state index in [-0.39, 0.29) is 28.0 Å². The second-order valence-corrected chi connectivity index (χ2v) is 8.79. The average Bonchev–Trinajstić information content (AvgIpc) is 3.33. The first-order valence-corrected chi connectivity index (χ1v) is 10.8. The maximum atomic E-state index is 13.0. The van der Waals surface area contributed by atoms with Crippen molar-refractivity contribution >= 4 is 15.9 Å². The summed E-state index contributed by atoms with van der Waals surface area (Å²) >= 11 is 0. The molecule has 4 rings (SSSR count). The molecule has 0 bridgehead atoms. The minimum absolute atomic E-state index is 0.0984. The van der Waals surface area contributed by atoms with Gasteiger partial charge < -0.3 is 18.5 Å². The number of nitriles is 1. The van der Waals surface area contributed by atoms with Crippen molar-refractivity contribution in [3.05, 3.63) is 17.5 Å². The Morgan fingerprint density at radius 3 is 2.50 bits per heavy atom. The van der Waals surface area contributed by atoms with Gasteiger partial charge in [-0.1, -0.05) is 6.42 Å². The molecule has 0 aromatic carbocycles. The largest absolute Gasteiger partial charge is 0.455 e. The summed E-state index contributed by atoms with van der Waals surface area (Å²) in [6.07, 6.45) is 2.76. The van der Waals surface area contributed by atoms with Gasteiger partial charge in [0.15, 0.2) is 5.76 Å². The van der Waals surface area contributed by atoms with Gasteiger partial charge in [0.1, 0.15) is 16.7 Å². The lowest BCUT2D eigenvalue weighted by Gasteiger charge is -2.25. The number of sulfonamides is 1. The number of piperidine rings is 1. The van der Waals surface area contributed by atoms with Crippen LogP contribution in [0, 0.1) is 18.3 Å². The molecule has 0 spiro atoms. The Balaban J connectivity index is 1.67. The molecule has 2 saturated heterocycles. The van der Waals surface area contributed by atoms with Crippen molar-refractivity contribution in [1.82, 2.24) is 9.29 Å². The third-order valence-electron chi connectivity index (χ3n) is 5.03. The number of oxazole rings is 1. The molecule has 2 aromatic heterocycles. The van der Waals surface area contributed by atoms with Crippen molar-refractivity contribution in [3.8, 4) is 17.7 Å². The van der Waals surface area contributed by atoms with Crippen molar-refractivity contribution in [2.75, 3.05) is 44.3 Å². The monoisotopic (exact) mass is 406 g/mol. The Morgan fingerprint density at radius 2 is 1.82 bits per heavy atom. The number of hydrogen-bond donors (Lipinski definition) is 0. The Kier molecular flexibility index (Phi) is 5.14. The molecule has 10 heteroatoms. The number of morpholine rings is 1. The minimum atomic E-state index is -3.63. The Bertz CT molecular complexity index is 992. The zero-order chi connectivity index (χ0) is 19.7. The number of rotatable bonds is 4. The van der Waals surface area contributed by atoms with Gasteiger partial charge in [0.2, 0.25) is 21.6 Å². The zero-order valence-electron chi connectivity index (χ0n) is 15.7. The van der Waals surface area contributed by atoms with Crippen molar-refractivity contribution in [1.29, 1.82) is 5.26 Å². The van der Waals surface area contributed by atoms with Crippen LogP contribution in [0.15, 0.2) is 19.8 Å². The number of furan rings is 1. The molecule has 150 valence electrons. The van der Waals surface area contributed by atoms with Gasteiger partial charge in [-0.3, -0.25) is 0 Å². The second kappa shape index (κ2) is 7.58. The fourth-order valence-corrected chi connectivity index (χ4v) is 5.22. The smallest absolute Gasteiger partial charge is 0.266 e. The predicted octanol–water partition coefficient (Wildman–Crippen LogP) is 2.13. The zero-order valence-corrected chi connectivity index (χ0v) is 16.5. The van der Waals surface area contributed by atoms with E-state index in [0.29, 0.717) is 45.3 Å². The molecule has 2 aliphatic rings. The summed E-state index contributed by atoms with van der Waals surface area (Å²) in [7, 11) is -3.63. The summed E-state index contributed by atoms with van der Waals surface area (Å²) in [6, 6.07) is 3.47. The summed E-state index contributed by atoms with van der Waals surface area (Å²) in [5, 5.41) is 9.40. The van der Waals surface area contributed by atoms with E-state index >= 15 is 0 Å². The highest BCUT2D eigenvalue weighted by atomic mass is 32.2. The summed E-state index contributed by atoms with van der Waals surface area (Å²) in [5.41, 5.74) is 0.145. The summed E-state index contributed by atoms with van der Waals surface area (Å²) in [5.74, 6) is 0.936. The van der Waals surface area contributed by atoms with Gasteiger partial charge >= 0.3 is 0 Å². The minimum Gasteiger partial charge on any atom is -0.455 e. The van der Waals surface area contributed by atoms with Gasteiger partial charge in [-0.25, -0.2) is 8.42 Å². The van der Waals surface area contributed by atoms with Crippen LogP contribution in [0.25, 0.3) is 11.7 Å². The summed E-state index contributed by atoms with van der Waals surface area (Å²) in [4.78, 5) is 6.22. The van der Waals surface area contributed by atoms with Crippen LogP contribution in [0.5, 0.6) is 0 Å². The maximum Gasteiger partial charge on any atom is 0.266 e. The highest BCUT2D eigenvalue weighted by Gasteiger charge is 2.31. The number of aryl methyl sites for hydroxylation is 1. The van der Waals surface area contributed by atoms with Gasteiger partial charge in [-0.05, 0) is 19.8 Å². The second-order valence-electron chi connectivity index (χ2n) is 6.88. The number of aromatic nitrogens is 1. The van der Waals surface area contributed by atoms with Crippen LogP contribution in [0.2, 0.25) is 0 Å². The highest BCUT2D eigenvalue weighted by molar-refractivity contribution is 7.89. The normalized spacial score (nSPS) is 18.9. The molecule has 28 heavy (non-hydrogen) atoms. The van der Waals surface area contributed by atoms with E-state index in [4.69, 9.17) is 13.6 Å². The maximum absolute atomic E-state index is 13.0. The SMILES string of the molecule is Cc1oc(-c2nc(C#N)c(N3CCOCC3)o2)cc1S(=O)(=O)N1CCCCC1. The van der Waals surface area contributed by atoms with E-state index in [1.165, 1.54) is 10.4 Å². The first-order chi connectivity index (χ1) is 13.5. The van der Waals surface area contributed by atoms with Crippen molar-refractivity contribution in [2.24, 2.45) is 0 Å². The van der Waals surface area contributed by atoms with Gasteiger partial charge in [0.05, 0.1) is 13.2 Å². The molecule has 0 radical (unpaired) electrons. The molecule has 4 heterocycles. The first kappa shape index (κ1) is 19.0. The number of hydrogen-bond acceptors (Lipinski definition) is 8. The molecule has 0 amide bonds. The lowest BCUT2D eigenvalue weighted by molar-refractivity contribution is 0.120. The highest BCUT2D eigenvalue weighted by Crippen LogP contribution is 2.34. The van der Waals surface area contributed by atoms with Crippen LogP contribution in [-0.4, -0.2) is 57.1 Å².